The zero-order valence-corrected chi connectivity index (χ0v) is 16.8. The average Bonchev–Trinajstić information content (AvgIpc) is 3.07. The summed E-state index contributed by atoms with van der Waals surface area (Å²) in [5.74, 6) is 0.467. The fourth-order valence-electron chi connectivity index (χ4n) is 2.56. The molecule has 10 heteroatoms. The summed E-state index contributed by atoms with van der Waals surface area (Å²) in [6, 6.07) is 5.61. The number of benzene rings is 1. The molecule has 0 N–H and O–H groups in total. The lowest BCUT2D eigenvalue weighted by Gasteiger charge is -2.13. The third kappa shape index (κ3) is 4.60. The van der Waals surface area contributed by atoms with Crippen LogP contribution in [0.5, 0.6) is 0 Å². The molecule has 3 rings (SSSR count). The summed E-state index contributed by atoms with van der Waals surface area (Å²) in [6.07, 6.45) is 5.38. The Labute approximate surface area is 167 Å². The SMILES string of the molecule is CC/C(=N\N=C(/C)c1cnccn1)OCc1c(C)cccc1-n1nnn(C)c1=O. The highest BCUT2D eigenvalue weighted by atomic mass is 16.5. The van der Waals surface area contributed by atoms with Gasteiger partial charge in [-0.15, -0.1) is 5.10 Å². The number of rotatable bonds is 6. The zero-order valence-electron chi connectivity index (χ0n) is 16.8. The van der Waals surface area contributed by atoms with Gasteiger partial charge in [0.2, 0.25) is 5.90 Å². The normalized spacial score (nSPS) is 12.3. The number of tetrazole rings is 1. The van der Waals surface area contributed by atoms with Crippen molar-refractivity contribution in [3.8, 4) is 5.69 Å². The number of hydrogen-bond acceptors (Lipinski definition) is 8. The van der Waals surface area contributed by atoms with Crippen molar-refractivity contribution in [1.82, 2.24) is 29.8 Å². The van der Waals surface area contributed by atoms with Crippen LogP contribution < -0.4 is 5.69 Å². The first-order valence-corrected chi connectivity index (χ1v) is 9.09. The lowest BCUT2D eigenvalue weighted by Crippen LogP contribution is -2.23. The molecule has 0 radical (unpaired) electrons. The number of ether oxygens (including phenoxy) is 1. The summed E-state index contributed by atoms with van der Waals surface area (Å²) in [5, 5.41) is 16.1. The van der Waals surface area contributed by atoms with E-state index in [1.165, 1.54) is 9.36 Å². The molecule has 0 saturated heterocycles. The maximum absolute atomic E-state index is 12.2. The predicted octanol–water partition coefficient (Wildman–Crippen LogP) is 1.81. The number of aromatic nitrogens is 6. The zero-order chi connectivity index (χ0) is 20.8. The first-order valence-electron chi connectivity index (χ1n) is 9.09. The molecular weight excluding hydrogens is 372 g/mol. The van der Waals surface area contributed by atoms with Crippen LogP contribution in [0.3, 0.4) is 0 Å². The summed E-state index contributed by atoms with van der Waals surface area (Å²) in [4.78, 5) is 20.5. The van der Waals surface area contributed by atoms with Crippen molar-refractivity contribution in [2.45, 2.75) is 33.8 Å². The molecular formula is C19H22N8O2. The van der Waals surface area contributed by atoms with E-state index in [9.17, 15) is 4.79 Å². The van der Waals surface area contributed by atoms with Gasteiger partial charge in [-0.05, 0) is 35.9 Å². The van der Waals surface area contributed by atoms with Crippen LogP contribution in [0.25, 0.3) is 5.69 Å². The largest absolute Gasteiger partial charge is 0.475 e. The quantitative estimate of drug-likeness (QED) is 0.358. The van der Waals surface area contributed by atoms with Gasteiger partial charge in [0.25, 0.3) is 0 Å². The van der Waals surface area contributed by atoms with Crippen molar-refractivity contribution in [2.24, 2.45) is 17.3 Å². The molecule has 3 aromatic rings. The maximum Gasteiger partial charge on any atom is 0.368 e. The van der Waals surface area contributed by atoms with E-state index in [1.54, 1.807) is 38.6 Å². The molecule has 0 saturated carbocycles. The van der Waals surface area contributed by atoms with E-state index in [0.717, 1.165) is 11.1 Å². The third-order valence-corrected chi connectivity index (χ3v) is 4.27. The Kier molecular flexibility index (Phi) is 6.22. The lowest BCUT2D eigenvalue weighted by atomic mass is 10.1. The molecule has 0 fully saturated rings. The van der Waals surface area contributed by atoms with Crippen LogP contribution in [0.2, 0.25) is 0 Å². The van der Waals surface area contributed by atoms with E-state index in [0.29, 0.717) is 29.4 Å². The Bertz CT molecular complexity index is 1100. The summed E-state index contributed by atoms with van der Waals surface area (Å²) in [5.41, 5.74) is 3.37. The fourth-order valence-corrected chi connectivity index (χ4v) is 2.56. The first kappa shape index (κ1) is 20.1. The maximum atomic E-state index is 12.2. The monoisotopic (exact) mass is 394 g/mol. The fraction of sp³-hybridized carbons (Fsp3) is 0.316. The Morgan fingerprint density at radius 2 is 2.03 bits per heavy atom. The molecule has 2 aromatic heterocycles. The van der Waals surface area contributed by atoms with Crippen molar-refractivity contribution < 1.29 is 4.74 Å². The molecule has 0 bridgehead atoms. The van der Waals surface area contributed by atoms with Crippen LogP contribution in [-0.4, -0.2) is 41.4 Å². The van der Waals surface area contributed by atoms with Gasteiger partial charge in [0, 0.05) is 31.4 Å². The molecule has 2 heterocycles. The summed E-state index contributed by atoms with van der Waals surface area (Å²) < 4.78 is 8.32. The standard InChI is InChI=1S/C19H22N8O2/c1-5-18(23-22-14(3)16-11-20-9-10-21-16)29-12-15-13(2)7-6-8-17(15)27-19(28)26(4)24-25-27/h6-11H,5,12H2,1-4H3/b22-14+,23-18+. The van der Waals surface area contributed by atoms with Crippen molar-refractivity contribution in [2.75, 3.05) is 0 Å². The van der Waals surface area contributed by atoms with Crippen LogP contribution in [0, 0.1) is 6.92 Å². The van der Waals surface area contributed by atoms with Gasteiger partial charge in [-0.1, -0.05) is 19.1 Å². The molecule has 0 aliphatic heterocycles. The Hall–Kier alpha value is -3.69. The number of aryl methyl sites for hydroxylation is 2. The van der Waals surface area contributed by atoms with Gasteiger partial charge in [-0.2, -0.15) is 14.5 Å². The van der Waals surface area contributed by atoms with Crippen molar-refractivity contribution in [3.63, 3.8) is 0 Å². The van der Waals surface area contributed by atoms with Crippen LogP contribution in [-0.2, 0) is 18.4 Å². The van der Waals surface area contributed by atoms with Gasteiger partial charge < -0.3 is 4.74 Å². The van der Waals surface area contributed by atoms with Crippen molar-refractivity contribution in [3.05, 3.63) is 64.1 Å². The minimum atomic E-state index is -0.328. The summed E-state index contributed by atoms with van der Waals surface area (Å²) >= 11 is 0. The molecule has 0 aliphatic carbocycles. The second-order valence-corrected chi connectivity index (χ2v) is 6.28. The molecule has 0 amide bonds. The van der Waals surface area contributed by atoms with E-state index < -0.39 is 0 Å². The summed E-state index contributed by atoms with van der Waals surface area (Å²) in [7, 11) is 1.55. The first-order chi connectivity index (χ1) is 14.0. The summed E-state index contributed by atoms with van der Waals surface area (Å²) in [6.45, 7) is 5.90. The van der Waals surface area contributed by atoms with E-state index in [-0.39, 0.29) is 12.3 Å². The van der Waals surface area contributed by atoms with E-state index in [4.69, 9.17) is 4.74 Å². The van der Waals surface area contributed by atoms with Crippen LogP contribution in [0.4, 0.5) is 0 Å². The van der Waals surface area contributed by atoms with E-state index in [2.05, 4.69) is 30.6 Å². The van der Waals surface area contributed by atoms with Crippen LogP contribution in [0.1, 0.15) is 37.1 Å². The van der Waals surface area contributed by atoms with Gasteiger partial charge in [-0.25, -0.2) is 4.79 Å². The van der Waals surface area contributed by atoms with Gasteiger partial charge in [0.05, 0.1) is 17.6 Å². The highest BCUT2D eigenvalue weighted by molar-refractivity contribution is 5.96. The average molecular weight is 394 g/mol. The Balaban J connectivity index is 1.83. The number of hydrogen-bond donors (Lipinski definition) is 0. The van der Waals surface area contributed by atoms with Crippen LogP contribution >= 0.6 is 0 Å². The molecule has 10 nitrogen and oxygen atoms in total. The highest BCUT2D eigenvalue weighted by Gasteiger charge is 2.14. The Morgan fingerprint density at radius 1 is 1.21 bits per heavy atom. The van der Waals surface area contributed by atoms with E-state index >= 15 is 0 Å². The van der Waals surface area contributed by atoms with Crippen molar-refractivity contribution >= 4 is 11.6 Å². The molecule has 1 aromatic carbocycles. The molecule has 0 aliphatic rings. The second kappa shape index (κ2) is 9.00. The van der Waals surface area contributed by atoms with Gasteiger partial charge in [-0.3, -0.25) is 9.97 Å². The molecule has 150 valence electrons. The second-order valence-electron chi connectivity index (χ2n) is 6.28. The van der Waals surface area contributed by atoms with Gasteiger partial charge in [0.15, 0.2) is 0 Å². The Morgan fingerprint density at radius 3 is 2.69 bits per heavy atom. The van der Waals surface area contributed by atoms with Crippen LogP contribution in [0.15, 0.2) is 51.8 Å². The van der Waals surface area contributed by atoms with E-state index in [1.807, 2.05) is 26.0 Å². The third-order valence-electron chi connectivity index (χ3n) is 4.27. The molecule has 0 spiro atoms. The minimum absolute atomic E-state index is 0.220. The molecule has 29 heavy (non-hydrogen) atoms. The predicted molar refractivity (Wildman–Crippen MR) is 108 cm³/mol. The van der Waals surface area contributed by atoms with Gasteiger partial charge >= 0.3 is 5.69 Å². The molecule has 0 unspecified atom stereocenters. The number of nitrogens with zero attached hydrogens (tertiary/aromatic N) is 8. The lowest BCUT2D eigenvalue weighted by molar-refractivity contribution is 0.282. The molecule has 0 atom stereocenters. The topological polar surface area (TPSA) is 112 Å². The highest BCUT2D eigenvalue weighted by Crippen LogP contribution is 2.18. The smallest absolute Gasteiger partial charge is 0.368 e. The van der Waals surface area contributed by atoms with Gasteiger partial charge in [0.1, 0.15) is 12.3 Å². The van der Waals surface area contributed by atoms with Crippen molar-refractivity contribution in [1.29, 1.82) is 0 Å². The minimum Gasteiger partial charge on any atom is -0.475 e.